The zero-order valence-corrected chi connectivity index (χ0v) is 21.4. The molecule has 0 aliphatic heterocycles. The number of nitrogens with zero attached hydrogens (tertiary/aromatic N) is 1. The SMILES string of the molecule is CCCCCCCCCCCCc1ccccc1S(=O)(=O)[O-].C[N+](C)(C)c1ccccc1. The standard InChI is InChI=1S/C18H30O3S.C9H14N/c1-2-3-4-5-6-7-8-9-10-11-14-17-15-12-13-16-18(17)22(19,20)21;1-10(2,3)9-7-5-4-6-8-9/h12-13,15-16H,2-11,14H2,1H3,(H,19,20,21);4-8H,1-3H3/q;+1/p-1. The average molecular weight is 462 g/mol. The zero-order valence-electron chi connectivity index (χ0n) is 20.6. The van der Waals surface area contributed by atoms with E-state index in [2.05, 4.69) is 52.3 Å². The molecule has 0 aliphatic rings. The van der Waals surface area contributed by atoms with Crippen molar-refractivity contribution in [2.45, 2.75) is 82.4 Å². The third-order valence-corrected chi connectivity index (χ3v) is 6.51. The predicted octanol–water partition coefficient (Wildman–Crippen LogP) is 6.94. The minimum atomic E-state index is -4.35. The second-order valence-corrected chi connectivity index (χ2v) is 10.7. The first-order chi connectivity index (χ1) is 15.2. The van der Waals surface area contributed by atoms with E-state index in [0.29, 0.717) is 12.0 Å². The summed E-state index contributed by atoms with van der Waals surface area (Å²) < 4.78 is 34.4. The van der Waals surface area contributed by atoms with Gasteiger partial charge >= 0.3 is 0 Å². The Morgan fingerprint density at radius 1 is 0.688 bits per heavy atom. The van der Waals surface area contributed by atoms with Crippen LogP contribution in [-0.4, -0.2) is 34.1 Å². The number of aryl methyl sites for hydroxylation is 1. The molecule has 0 atom stereocenters. The number of hydrogen-bond acceptors (Lipinski definition) is 3. The molecule has 0 fully saturated rings. The lowest BCUT2D eigenvalue weighted by Crippen LogP contribution is -2.34. The molecule has 2 rings (SSSR count). The molecule has 180 valence electrons. The molecular formula is C27H43NO3S. The van der Waals surface area contributed by atoms with Gasteiger partial charge in [0, 0.05) is 0 Å². The molecular weight excluding hydrogens is 418 g/mol. The molecule has 0 bridgehead atoms. The highest BCUT2D eigenvalue weighted by atomic mass is 32.2. The number of hydrogen-bond donors (Lipinski definition) is 0. The van der Waals surface area contributed by atoms with Crippen LogP contribution < -0.4 is 4.48 Å². The van der Waals surface area contributed by atoms with Crippen LogP contribution in [0.4, 0.5) is 5.69 Å². The van der Waals surface area contributed by atoms with E-state index in [4.69, 9.17) is 0 Å². The van der Waals surface area contributed by atoms with Gasteiger partial charge in [-0.3, -0.25) is 4.48 Å². The van der Waals surface area contributed by atoms with Crippen molar-refractivity contribution >= 4 is 15.8 Å². The molecule has 0 spiro atoms. The monoisotopic (exact) mass is 461 g/mol. The normalized spacial score (nSPS) is 11.7. The Bertz CT molecular complexity index is 843. The van der Waals surface area contributed by atoms with Gasteiger partial charge in [-0.05, 0) is 36.6 Å². The van der Waals surface area contributed by atoms with E-state index in [1.807, 2.05) is 6.07 Å². The summed E-state index contributed by atoms with van der Waals surface area (Å²) in [6.07, 6.45) is 13.2. The van der Waals surface area contributed by atoms with Crippen LogP contribution in [0.25, 0.3) is 0 Å². The van der Waals surface area contributed by atoms with E-state index in [1.54, 1.807) is 18.2 Å². The van der Waals surface area contributed by atoms with E-state index in [-0.39, 0.29) is 4.90 Å². The molecule has 0 radical (unpaired) electrons. The minimum Gasteiger partial charge on any atom is -0.744 e. The lowest BCUT2D eigenvalue weighted by atomic mass is 10.0. The topological polar surface area (TPSA) is 57.2 Å². The molecule has 2 aromatic rings. The Hall–Kier alpha value is -1.69. The van der Waals surface area contributed by atoms with E-state index in [9.17, 15) is 13.0 Å². The van der Waals surface area contributed by atoms with Crippen LogP contribution in [0.15, 0.2) is 59.5 Å². The summed E-state index contributed by atoms with van der Waals surface area (Å²) in [5.41, 5.74) is 2.00. The number of para-hydroxylation sites is 1. The minimum absolute atomic E-state index is 0.0501. The van der Waals surface area contributed by atoms with Crippen LogP contribution in [0.3, 0.4) is 0 Å². The molecule has 0 saturated heterocycles. The largest absolute Gasteiger partial charge is 0.744 e. The van der Waals surface area contributed by atoms with Crippen LogP contribution in [-0.2, 0) is 16.5 Å². The molecule has 0 unspecified atom stereocenters. The van der Waals surface area contributed by atoms with Gasteiger partial charge in [0.2, 0.25) is 0 Å². The first-order valence-electron chi connectivity index (χ1n) is 12.1. The molecule has 0 aromatic heterocycles. The van der Waals surface area contributed by atoms with Gasteiger partial charge < -0.3 is 4.55 Å². The quantitative estimate of drug-likeness (QED) is 0.184. The van der Waals surface area contributed by atoms with Crippen molar-refractivity contribution in [2.75, 3.05) is 21.1 Å². The Morgan fingerprint density at radius 2 is 1.16 bits per heavy atom. The van der Waals surface area contributed by atoms with Crippen molar-refractivity contribution in [2.24, 2.45) is 0 Å². The molecule has 0 aliphatic carbocycles. The van der Waals surface area contributed by atoms with Crippen LogP contribution in [0.5, 0.6) is 0 Å². The Kier molecular flexibility index (Phi) is 13.5. The maximum atomic E-state index is 11.2. The fourth-order valence-corrected chi connectivity index (χ4v) is 4.37. The van der Waals surface area contributed by atoms with Gasteiger partial charge in [0.1, 0.15) is 15.8 Å². The fraction of sp³-hybridized carbons (Fsp3) is 0.556. The first-order valence-corrected chi connectivity index (χ1v) is 13.5. The summed E-state index contributed by atoms with van der Waals surface area (Å²) in [7, 11) is 2.14. The van der Waals surface area contributed by atoms with Crippen molar-refractivity contribution in [1.82, 2.24) is 4.48 Å². The van der Waals surface area contributed by atoms with E-state index in [0.717, 1.165) is 17.3 Å². The molecule has 0 N–H and O–H groups in total. The molecule has 2 aromatic carbocycles. The second kappa shape index (κ2) is 15.2. The van der Waals surface area contributed by atoms with E-state index in [1.165, 1.54) is 63.1 Å². The Balaban J connectivity index is 0.000000425. The Morgan fingerprint density at radius 3 is 1.62 bits per heavy atom. The smallest absolute Gasteiger partial charge is 0.132 e. The fourth-order valence-electron chi connectivity index (χ4n) is 3.63. The highest BCUT2D eigenvalue weighted by Crippen LogP contribution is 2.18. The summed E-state index contributed by atoms with van der Waals surface area (Å²) in [6.45, 7) is 2.23. The van der Waals surface area contributed by atoms with Gasteiger partial charge in [-0.25, -0.2) is 8.42 Å². The predicted molar refractivity (Wildman–Crippen MR) is 136 cm³/mol. The second-order valence-electron chi connectivity index (χ2n) is 9.34. The lowest BCUT2D eigenvalue weighted by Gasteiger charge is -2.22. The van der Waals surface area contributed by atoms with Crippen LogP contribution in [0.2, 0.25) is 0 Å². The third kappa shape index (κ3) is 12.4. The third-order valence-electron chi connectivity index (χ3n) is 5.57. The maximum absolute atomic E-state index is 11.2. The molecule has 0 heterocycles. The number of rotatable bonds is 13. The van der Waals surface area contributed by atoms with E-state index >= 15 is 0 Å². The van der Waals surface area contributed by atoms with E-state index < -0.39 is 10.1 Å². The van der Waals surface area contributed by atoms with Gasteiger partial charge in [-0.1, -0.05) is 101 Å². The molecule has 5 heteroatoms. The van der Waals surface area contributed by atoms with Gasteiger partial charge in [-0.15, -0.1) is 0 Å². The van der Waals surface area contributed by atoms with Crippen LogP contribution in [0.1, 0.15) is 76.7 Å². The van der Waals surface area contributed by atoms with Crippen molar-refractivity contribution < 1.29 is 13.0 Å². The molecule has 0 amide bonds. The first kappa shape index (κ1) is 28.3. The van der Waals surface area contributed by atoms with Crippen molar-refractivity contribution in [3.63, 3.8) is 0 Å². The van der Waals surface area contributed by atoms with Crippen molar-refractivity contribution in [1.29, 1.82) is 0 Å². The lowest BCUT2D eigenvalue weighted by molar-refractivity contribution is 0.461. The molecule has 4 nitrogen and oxygen atoms in total. The number of quaternary nitrogens is 1. The highest BCUT2D eigenvalue weighted by molar-refractivity contribution is 7.85. The summed E-state index contributed by atoms with van der Waals surface area (Å²) >= 11 is 0. The summed E-state index contributed by atoms with van der Waals surface area (Å²) in [5.74, 6) is 0. The van der Waals surface area contributed by atoms with Crippen LogP contribution >= 0.6 is 0 Å². The summed E-state index contributed by atoms with van der Waals surface area (Å²) in [5, 5.41) is 0. The van der Waals surface area contributed by atoms with Crippen molar-refractivity contribution in [3.8, 4) is 0 Å². The maximum Gasteiger partial charge on any atom is 0.132 e. The summed E-state index contributed by atoms with van der Waals surface area (Å²) in [4.78, 5) is -0.0501. The molecule has 32 heavy (non-hydrogen) atoms. The number of unbranched alkanes of at least 4 members (excludes halogenated alkanes) is 9. The summed E-state index contributed by atoms with van der Waals surface area (Å²) in [6, 6.07) is 17.0. The van der Waals surface area contributed by atoms with Crippen molar-refractivity contribution in [3.05, 3.63) is 60.2 Å². The average Bonchev–Trinajstić information content (AvgIpc) is 2.75. The highest BCUT2D eigenvalue weighted by Gasteiger charge is 2.09. The van der Waals surface area contributed by atoms with Gasteiger partial charge in [0.05, 0.1) is 26.0 Å². The van der Waals surface area contributed by atoms with Gasteiger partial charge in [0.25, 0.3) is 0 Å². The van der Waals surface area contributed by atoms with Gasteiger partial charge in [-0.2, -0.15) is 0 Å². The molecule has 0 saturated carbocycles. The van der Waals surface area contributed by atoms with Gasteiger partial charge in [0.15, 0.2) is 0 Å². The Labute approximate surface area is 197 Å². The van der Waals surface area contributed by atoms with Crippen LogP contribution in [0, 0.1) is 0 Å². The zero-order chi connectivity index (χ0) is 23.9. The number of benzene rings is 2.